The molecule has 2 aliphatic rings. The summed E-state index contributed by atoms with van der Waals surface area (Å²) in [6.45, 7) is 0. The van der Waals surface area contributed by atoms with Crippen molar-refractivity contribution in [3.05, 3.63) is 152 Å². The molecule has 0 saturated carbocycles. The van der Waals surface area contributed by atoms with Crippen molar-refractivity contribution in [1.82, 2.24) is 0 Å². The van der Waals surface area contributed by atoms with Crippen molar-refractivity contribution >= 4 is 65.1 Å². The molecule has 4 aromatic carbocycles. The van der Waals surface area contributed by atoms with Crippen molar-refractivity contribution in [2.24, 2.45) is 0 Å². The second-order valence-electron chi connectivity index (χ2n) is 10.9. The number of anilines is 4. The first-order valence-corrected chi connectivity index (χ1v) is 18.7. The molecule has 0 atom stereocenters. The fourth-order valence-corrected chi connectivity index (χ4v) is 14.8. The zero-order valence-corrected chi connectivity index (χ0v) is 28.0. The Balaban J connectivity index is 1.50. The molecule has 0 saturated heterocycles. The molecule has 2 aliphatic carbocycles. The Hall–Kier alpha value is -4.35. The zero-order valence-electron chi connectivity index (χ0n) is 24.8. The first-order chi connectivity index (χ1) is 22.8. The molecule has 11 heteroatoms. The van der Waals surface area contributed by atoms with Crippen LogP contribution in [0.5, 0.6) is 0 Å². The molecule has 0 amide bonds. The van der Waals surface area contributed by atoms with E-state index < -0.39 is 39.9 Å². The molecule has 0 aromatic heterocycles. The number of thiocarbonyl (C=S) groups is 2. The van der Waals surface area contributed by atoms with Crippen molar-refractivity contribution in [2.45, 2.75) is 12.8 Å². The van der Waals surface area contributed by atoms with Crippen LogP contribution in [0.25, 0.3) is 0 Å². The van der Waals surface area contributed by atoms with Crippen LogP contribution in [-0.4, -0.2) is 10.2 Å². The van der Waals surface area contributed by atoms with Gasteiger partial charge in [-0.3, -0.25) is 0 Å². The van der Waals surface area contributed by atoms with Crippen LogP contribution in [-0.2, 0) is 16.6 Å². The van der Waals surface area contributed by atoms with Gasteiger partial charge in [-0.25, -0.2) is 0 Å². The SMILES string of the molecule is Fc1ccc(NC(=S)Nc2ccccc2)c(F)[c]1[Ti]([C]1=CC=CC1)([C]1=CC=CC1)[c]1c(F)ccc(NC(=S)Nc2ccccc2)c1F. The minimum absolute atomic E-state index is 0.0669. The van der Waals surface area contributed by atoms with Crippen molar-refractivity contribution < 1.29 is 34.2 Å². The summed E-state index contributed by atoms with van der Waals surface area (Å²) < 4.78 is 67.2. The number of allylic oxidation sites excluding steroid dienone is 8. The Morgan fingerprint density at radius 3 is 1.30 bits per heavy atom. The van der Waals surface area contributed by atoms with Crippen molar-refractivity contribution in [2.75, 3.05) is 21.3 Å². The van der Waals surface area contributed by atoms with Gasteiger partial charge in [-0.1, -0.05) is 0 Å². The first kappa shape index (κ1) is 32.6. The molecule has 47 heavy (non-hydrogen) atoms. The van der Waals surface area contributed by atoms with Gasteiger partial charge in [-0.2, -0.15) is 0 Å². The van der Waals surface area contributed by atoms with Crippen LogP contribution in [0.3, 0.4) is 0 Å². The monoisotopic (exact) mass is 704 g/mol. The van der Waals surface area contributed by atoms with Crippen molar-refractivity contribution in [3.63, 3.8) is 0 Å². The molecule has 0 heterocycles. The van der Waals surface area contributed by atoms with E-state index in [9.17, 15) is 0 Å². The summed E-state index contributed by atoms with van der Waals surface area (Å²) in [7, 11) is 0. The molecule has 0 aliphatic heterocycles. The van der Waals surface area contributed by atoms with Gasteiger partial charge in [-0.05, 0) is 0 Å². The third kappa shape index (κ3) is 6.60. The van der Waals surface area contributed by atoms with Gasteiger partial charge in [0.15, 0.2) is 0 Å². The predicted molar refractivity (Wildman–Crippen MR) is 188 cm³/mol. The third-order valence-electron chi connectivity index (χ3n) is 8.00. The number of nitrogens with one attached hydrogen (secondary N) is 4. The Morgan fingerprint density at radius 1 is 0.532 bits per heavy atom. The summed E-state index contributed by atoms with van der Waals surface area (Å²) in [5, 5.41) is 11.8. The van der Waals surface area contributed by atoms with E-state index in [4.69, 9.17) is 24.4 Å². The molecule has 0 radical (unpaired) electrons. The van der Waals surface area contributed by atoms with Crippen LogP contribution in [0.1, 0.15) is 12.8 Å². The third-order valence-corrected chi connectivity index (χ3v) is 16.3. The van der Waals surface area contributed by atoms with Gasteiger partial charge in [0, 0.05) is 0 Å². The Morgan fingerprint density at radius 2 is 0.936 bits per heavy atom. The molecule has 4 N–H and O–H groups in total. The van der Waals surface area contributed by atoms with Gasteiger partial charge in [0.25, 0.3) is 0 Å². The summed E-state index contributed by atoms with van der Waals surface area (Å²) in [6.07, 6.45) is 11.2. The number of hydrogen-bond acceptors (Lipinski definition) is 2. The maximum atomic E-state index is 17.0. The second kappa shape index (κ2) is 14.2. The van der Waals surface area contributed by atoms with Crippen LogP contribution < -0.4 is 29.0 Å². The average molecular weight is 705 g/mol. The minimum atomic E-state index is -5.08. The molecule has 0 fully saturated rings. The maximum absolute atomic E-state index is 17.0. The number of benzene rings is 4. The van der Waals surface area contributed by atoms with Crippen LogP contribution in [0.15, 0.2) is 129 Å². The molecule has 0 unspecified atom stereocenters. The molecular formula is C36H28F4N4S2Ti. The van der Waals surface area contributed by atoms with E-state index in [1.54, 1.807) is 48.6 Å². The fourth-order valence-electron chi connectivity index (χ4n) is 6.02. The van der Waals surface area contributed by atoms with E-state index in [1.165, 1.54) is 12.1 Å². The van der Waals surface area contributed by atoms with Gasteiger partial charge >= 0.3 is 286 Å². The number of hydrogen-bond donors (Lipinski definition) is 4. The van der Waals surface area contributed by atoms with Crippen molar-refractivity contribution in [1.29, 1.82) is 0 Å². The molecule has 0 bridgehead atoms. The molecule has 4 nitrogen and oxygen atoms in total. The van der Waals surface area contributed by atoms with Gasteiger partial charge in [-0.15, -0.1) is 0 Å². The Bertz CT molecular complexity index is 1840. The first-order valence-electron chi connectivity index (χ1n) is 14.7. The van der Waals surface area contributed by atoms with E-state index >= 15 is 17.6 Å². The van der Waals surface area contributed by atoms with Gasteiger partial charge in [0.05, 0.1) is 0 Å². The Labute approximate surface area is 284 Å². The van der Waals surface area contributed by atoms with Gasteiger partial charge in [0.1, 0.15) is 0 Å². The quantitative estimate of drug-likeness (QED) is 0.0838. The van der Waals surface area contributed by atoms with Crippen molar-refractivity contribution in [3.8, 4) is 0 Å². The topological polar surface area (TPSA) is 48.1 Å². The summed E-state index contributed by atoms with van der Waals surface area (Å²) in [4.78, 5) is 0. The van der Waals surface area contributed by atoms with Crippen LogP contribution in [0.2, 0.25) is 0 Å². The summed E-state index contributed by atoms with van der Waals surface area (Å²) in [5.41, 5.74) is 1.09. The normalized spacial score (nSPS) is 13.6. The molecule has 4 aromatic rings. The summed E-state index contributed by atoms with van der Waals surface area (Å²) in [5.74, 6) is -3.70. The number of rotatable bonds is 8. The van der Waals surface area contributed by atoms with Gasteiger partial charge < -0.3 is 0 Å². The standard InChI is InChI=1S/2C13H9F2N2S.2C5H5.Ti/c2*14-9-6-7-12(11(15)8-9)17-13(18)16-10-4-2-1-3-5-10;2*1-2-4-5-3-1;/h2*1-7H,(H2,16,17,18);2*1-3H,4H2;. The molecule has 6 rings (SSSR count). The zero-order chi connectivity index (χ0) is 33.0. The van der Waals surface area contributed by atoms with Crippen LogP contribution in [0.4, 0.5) is 40.3 Å². The molecule has 0 spiro atoms. The van der Waals surface area contributed by atoms with E-state index in [0.717, 1.165) is 12.1 Å². The Kier molecular flexibility index (Phi) is 9.84. The average Bonchev–Trinajstić information content (AvgIpc) is 3.80. The fraction of sp³-hybridized carbons (Fsp3) is 0.0556. The second-order valence-corrected chi connectivity index (χ2v) is 17.6. The summed E-state index contributed by atoms with van der Waals surface area (Å²) in [6, 6.07) is 22.8. The van der Waals surface area contributed by atoms with Crippen LogP contribution >= 0.6 is 24.4 Å². The van der Waals surface area contributed by atoms with Gasteiger partial charge in [0.2, 0.25) is 0 Å². The van der Waals surface area contributed by atoms with Crippen LogP contribution in [0, 0.1) is 23.3 Å². The van der Waals surface area contributed by atoms with E-state index in [2.05, 4.69) is 21.3 Å². The van der Waals surface area contributed by atoms with E-state index in [0.29, 0.717) is 19.1 Å². The van der Waals surface area contributed by atoms with E-state index in [1.807, 2.05) is 48.6 Å². The number of halogens is 4. The number of para-hydroxylation sites is 2. The predicted octanol–water partition coefficient (Wildman–Crippen LogP) is 8.65. The molecular weight excluding hydrogens is 676 g/mol. The van der Waals surface area contributed by atoms with E-state index in [-0.39, 0.29) is 42.2 Å². The molecule has 236 valence electrons. The summed E-state index contributed by atoms with van der Waals surface area (Å²) >= 11 is 5.81.